The van der Waals surface area contributed by atoms with Crippen LogP contribution < -0.4 is 0 Å². The van der Waals surface area contributed by atoms with Gasteiger partial charge in [0.15, 0.2) is 11.5 Å². The Bertz CT molecular complexity index is 606. The fourth-order valence-corrected chi connectivity index (χ4v) is 3.39. The molecule has 5 heteroatoms. The van der Waals surface area contributed by atoms with E-state index in [-0.39, 0.29) is 0 Å². The van der Waals surface area contributed by atoms with Gasteiger partial charge in [0.2, 0.25) is 0 Å². The first-order valence-electron chi connectivity index (χ1n) is 7.33. The Kier molecular flexibility index (Phi) is 3.44. The Labute approximate surface area is 124 Å². The molecule has 2 heterocycles. The maximum absolute atomic E-state index is 5.98. The predicted molar refractivity (Wildman–Crippen MR) is 79.9 cm³/mol. The molecule has 0 amide bonds. The first kappa shape index (κ1) is 13.8. The molecule has 2 aromatic heterocycles. The minimum Gasteiger partial charge on any atom is -0.196 e. The normalized spacial score (nSPS) is 24.2. The second kappa shape index (κ2) is 4.99. The average molecular weight is 293 g/mol. The molecule has 0 saturated heterocycles. The van der Waals surface area contributed by atoms with Gasteiger partial charge in [-0.15, -0.1) is 10.2 Å². The molecule has 0 aliphatic heterocycles. The highest BCUT2D eigenvalue weighted by atomic mass is 35.5. The van der Waals surface area contributed by atoms with Crippen molar-refractivity contribution in [3.63, 3.8) is 0 Å². The smallest absolute Gasteiger partial charge is 0.178 e. The highest BCUT2D eigenvalue weighted by molar-refractivity contribution is 6.29. The van der Waals surface area contributed by atoms with Crippen LogP contribution in [0.4, 0.5) is 0 Å². The van der Waals surface area contributed by atoms with Gasteiger partial charge in [-0.25, -0.2) is 0 Å². The van der Waals surface area contributed by atoms with E-state index in [0.717, 1.165) is 30.2 Å². The van der Waals surface area contributed by atoms with Gasteiger partial charge in [0.05, 0.1) is 0 Å². The summed E-state index contributed by atoms with van der Waals surface area (Å²) in [5, 5.41) is 13.4. The second-order valence-corrected chi connectivity index (χ2v) is 7.29. The van der Waals surface area contributed by atoms with Crippen LogP contribution in [0.3, 0.4) is 0 Å². The molecule has 0 unspecified atom stereocenters. The third-order valence-corrected chi connectivity index (χ3v) is 4.77. The lowest BCUT2D eigenvalue weighted by Gasteiger charge is -2.36. The van der Waals surface area contributed by atoms with Crippen molar-refractivity contribution in [3.8, 4) is 0 Å². The van der Waals surface area contributed by atoms with E-state index in [2.05, 4.69) is 36.1 Å². The van der Waals surface area contributed by atoms with Crippen molar-refractivity contribution in [2.75, 3.05) is 0 Å². The van der Waals surface area contributed by atoms with Crippen molar-refractivity contribution < 1.29 is 0 Å². The number of hydrogen-bond acceptors (Lipinski definition) is 3. The van der Waals surface area contributed by atoms with E-state index in [4.69, 9.17) is 11.6 Å². The summed E-state index contributed by atoms with van der Waals surface area (Å²) >= 11 is 5.98. The van der Waals surface area contributed by atoms with Gasteiger partial charge in [0.25, 0.3) is 0 Å². The van der Waals surface area contributed by atoms with Crippen molar-refractivity contribution in [2.24, 2.45) is 11.3 Å². The minimum atomic E-state index is 0.402. The lowest BCUT2D eigenvalue weighted by molar-refractivity contribution is 0.166. The number of hydrogen-bond donors (Lipinski definition) is 0. The van der Waals surface area contributed by atoms with Crippen LogP contribution in [0.25, 0.3) is 5.65 Å². The summed E-state index contributed by atoms with van der Waals surface area (Å²) in [6, 6.07) is 3.62. The zero-order chi connectivity index (χ0) is 14.3. The Balaban J connectivity index is 1.82. The van der Waals surface area contributed by atoms with Crippen LogP contribution in [-0.4, -0.2) is 19.8 Å². The van der Waals surface area contributed by atoms with E-state index < -0.39 is 0 Å². The molecular formula is C15H21ClN4. The van der Waals surface area contributed by atoms with E-state index in [1.54, 1.807) is 6.07 Å². The molecule has 0 aromatic carbocycles. The van der Waals surface area contributed by atoms with Gasteiger partial charge >= 0.3 is 0 Å². The number of aromatic nitrogens is 4. The largest absolute Gasteiger partial charge is 0.196 e. The van der Waals surface area contributed by atoms with Gasteiger partial charge in [-0.2, -0.15) is 9.61 Å². The zero-order valence-corrected chi connectivity index (χ0v) is 13.1. The van der Waals surface area contributed by atoms with Crippen molar-refractivity contribution >= 4 is 17.2 Å². The number of rotatable bonds is 1. The highest BCUT2D eigenvalue weighted by Gasteiger charge is 2.32. The van der Waals surface area contributed by atoms with Crippen molar-refractivity contribution in [2.45, 2.75) is 52.4 Å². The Morgan fingerprint density at radius 3 is 2.45 bits per heavy atom. The first-order valence-corrected chi connectivity index (χ1v) is 7.71. The van der Waals surface area contributed by atoms with E-state index >= 15 is 0 Å². The van der Waals surface area contributed by atoms with Crippen LogP contribution in [0.2, 0.25) is 5.15 Å². The van der Waals surface area contributed by atoms with Crippen molar-refractivity contribution in [1.82, 2.24) is 19.8 Å². The van der Waals surface area contributed by atoms with E-state index in [0.29, 0.717) is 16.5 Å². The molecule has 1 aliphatic carbocycles. The molecule has 3 rings (SSSR count). The summed E-state index contributed by atoms with van der Waals surface area (Å²) in [5.74, 6) is 2.22. The van der Waals surface area contributed by atoms with Crippen LogP contribution in [0.15, 0.2) is 12.1 Å². The number of halogens is 1. The van der Waals surface area contributed by atoms with E-state index in [9.17, 15) is 0 Å². The van der Waals surface area contributed by atoms with Gasteiger partial charge in [-0.3, -0.25) is 0 Å². The summed E-state index contributed by atoms with van der Waals surface area (Å²) in [6.45, 7) is 7.02. The summed E-state index contributed by atoms with van der Waals surface area (Å²) in [5.41, 5.74) is 1.18. The first-order chi connectivity index (χ1) is 9.45. The predicted octanol–water partition coefficient (Wildman–Crippen LogP) is 4.10. The van der Waals surface area contributed by atoms with Gasteiger partial charge in [0, 0.05) is 5.92 Å². The average Bonchev–Trinajstić information content (AvgIpc) is 2.81. The molecule has 0 atom stereocenters. The molecule has 1 aliphatic rings. The van der Waals surface area contributed by atoms with Crippen molar-refractivity contribution in [1.29, 1.82) is 0 Å². The summed E-state index contributed by atoms with van der Waals surface area (Å²) in [4.78, 5) is 0. The van der Waals surface area contributed by atoms with Gasteiger partial charge in [-0.05, 0) is 49.1 Å². The molecule has 1 fully saturated rings. The van der Waals surface area contributed by atoms with Crippen LogP contribution >= 0.6 is 11.6 Å². The zero-order valence-electron chi connectivity index (χ0n) is 12.3. The van der Waals surface area contributed by atoms with Gasteiger partial charge in [-0.1, -0.05) is 32.4 Å². The molecule has 2 aromatic rings. The summed E-state index contributed by atoms with van der Waals surface area (Å²) in [7, 11) is 0. The SMILES string of the molecule is CC(C)(C)C1CCC(c2nnc3ccc(Cl)nn23)CC1. The molecule has 4 nitrogen and oxygen atoms in total. The molecule has 0 spiro atoms. The molecule has 108 valence electrons. The Morgan fingerprint density at radius 2 is 1.80 bits per heavy atom. The summed E-state index contributed by atoms with van der Waals surface area (Å²) in [6.07, 6.45) is 4.83. The van der Waals surface area contributed by atoms with Crippen LogP contribution in [-0.2, 0) is 0 Å². The maximum atomic E-state index is 5.98. The van der Waals surface area contributed by atoms with E-state index in [1.165, 1.54) is 12.8 Å². The molecule has 0 N–H and O–H groups in total. The number of nitrogens with zero attached hydrogens (tertiary/aromatic N) is 4. The maximum Gasteiger partial charge on any atom is 0.178 e. The lowest BCUT2D eigenvalue weighted by Crippen LogP contribution is -2.26. The van der Waals surface area contributed by atoms with Crippen LogP contribution in [0.5, 0.6) is 0 Å². The Morgan fingerprint density at radius 1 is 1.10 bits per heavy atom. The van der Waals surface area contributed by atoms with Crippen LogP contribution in [0.1, 0.15) is 58.2 Å². The quantitative estimate of drug-likeness (QED) is 0.795. The van der Waals surface area contributed by atoms with Crippen molar-refractivity contribution in [3.05, 3.63) is 23.1 Å². The highest BCUT2D eigenvalue weighted by Crippen LogP contribution is 2.42. The fraction of sp³-hybridized carbons (Fsp3) is 0.667. The molecule has 20 heavy (non-hydrogen) atoms. The standard InChI is InChI=1S/C15H21ClN4/c1-15(2,3)11-6-4-10(5-7-11)14-18-17-13-9-8-12(16)19-20(13)14/h8-11H,4-7H2,1-3H3. The third kappa shape index (κ3) is 2.53. The lowest BCUT2D eigenvalue weighted by atomic mass is 9.70. The van der Waals surface area contributed by atoms with Gasteiger partial charge < -0.3 is 0 Å². The number of fused-ring (bicyclic) bond motifs is 1. The fourth-order valence-electron chi connectivity index (χ4n) is 3.26. The topological polar surface area (TPSA) is 43.1 Å². The summed E-state index contributed by atoms with van der Waals surface area (Å²) < 4.78 is 1.81. The van der Waals surface area contributed by atoms with Crippen LogP contribution in [0, 0.1) is 11.3 Å². The molecular weight excluding hydrogens is 272 g/mol. The monoisotopic (exact) mass is 292 g/mol. The minimum absolute atomic E-state index is 0.402. The molecule has 0 bridgehead atoms. The molecule has 0 radical (unpaired) electrons. The van der Waals surface area contributed by atoms with Gasteiger partial charge in [0.1, 0.15) is 5.15 Å². The molecule has 1 saturated carbocycles. The second-order valence-electron chi connectivity index (χ2n) is 6.90. The Hall–Kier alpha value is -1.16. The third-order valence-electron chi connectivity index (χ3n) is 4.57. The van der Waals surface area contributed by atoms with E-state index in [1.807, 2.05) is 10.6 Å².